The van der Waals surface area contributed by atoms with E-state index in [2.05, 4.69) is 0 Å². The maximum atomic E-state index is 12.0. The third kappa shape index (κ3) is 2.61. The van der Waals surface area contributed by atoms with Gasteiger partial charge < -0.3 is 14.9 Å². The first-order valence-electron chi connectivity index (χ1n) is 6.28. The summed E-state index contributed by atoms with van der Waals surface area (Å²) in [5.41, 5.74) is 1.50. The van der Waals surface area contributed by atoms with E-state index in [1.165, 1.54) is 6.92 Å². The largest absolute Gasteiger partial charge is 0.394 e. The summed E-state index contributed by atoms with van der Waals surface area (Å²) in [5, 5.41) is 9.41. The van der Waals surface area contributed by atoms with Crippen LogP contribution in [0.3, 0.4) is 0 Å². The molecule has 0 radical (unpaired) electrons. The zero-order valence-electron chi connectivity index (χ0n) is 11.2. The van der Waals surface area contributed by atoms with Crippen LogP contribution < -0.4 is 4.90 Å². The molecule has 0 aromatic heterocycles. The van der Waals surface area contributed by atoms with Gasteiger partial charge in [-0.3, -0.25) is 9.59 Å². The summed E-state index contributed by atoms with van der Waals surface area (Å²) in [7, 11) is 1.74. The topological polar surface area (TPSA) is 60.9 Å². The van der Waals surface area contributed by atoms with E-state index in [0.29, 0.717) is 18.7 Å². The molecular formula is C14H18N2O3. The van der Waals surface area contributed by atoms with Crippen molar-refractivity contribution in [1.29, 1.82) is 0 Å². The van der Waals surface area contributed by atoms with E-state index in [1.807, 2.05) is 17.0 Å². The first-order chi connectivity index (χ1) is 9.04. The van der Waals surface area contributed by atoms with E-state index >= 15 is 0 Å². The van der Waals surface area contributed by atoms with Gasteiger partial charge in [-0.1, -0.05) is 0 Å². The third-order valence-electron chi connectivity index (χ3n) is 3.49. The molecule has 2 rings (SSSR count). The number of likely N-dealkylation sites (N-methyl/N-ethyl adjacent to an activating group) is 1. The Bertz CT molecular complexity index is 484. The van der Waals surface area contributed by atoms with Crippen LogP contribution in [0.5, 0.6) is 0 Å². The molecule has 1 saturated heterocycles. The normalized spacial score (nSPS) is 19.7. The third-order valence-corrected chi connectivity index (χ3v) is 3.49. The van der Waals surface area contributed by atoms with Gasteiger partial charge in [-0.25, -0.2) is 0 Å². The van der Waals surface area contributed by atoms with Gasteiger partial charge in [0.25, 0.3) is 0 Å². The molecule has 5 nitrogen and oxygen atoms in total. The lowest BCUT2D eigenvalue weighted by atomic mass is 10.1. The Balaban J connectivity index is 2.24. The maximum Gasteiger partial charge on any atom is 0.247 e. The standard InChI is InChI=1S/C14H18N2O3/c1-10(18)11-3-5-12(6-4-11)16-8-7-15(2)14(19)13(16)9-17/h3-6,13,17H,7-9H2,1-2H3. The monoisotopic (exact) mass is 262 g/mol. The van der Waals surface area contributed by atoms with Crippen LogP contribution in [-0.4, -0.2) is 54.5 Å². The molecule has 1 fully saturated rings. The minimum absolute atomic E-state index is 0.0136. The van der Waals surface area contributed by atoms with Gasteiger partial charge in [0.2, 0.25) is 5.91 Å². The van der Waals surface area contributed by atoms with E-state index in [0.717, 1.165) is 5.69 Å². The van der Waals surface area contributed by atoms with Crippen LogP contribution in [0.1, 0.15) is 17.3 Å². The molecule has 1 aliphatic rings. The smallest absolute Gasteiger partial charge is 0.247 e. The molecule has 0 spiro atoms. The summed E-state index contributed by atoms with van der Waals surface area (Å²) in [4.78, 5) is 26.7. The van der Waals surface area contributed by atoms with Crippen molar-refractivity contribution in [3.63, 3.8) is 0 Å². The molecule has 1 atom stereocenters. The minimum atomic E-state index is -0.540. The van der Waals surface area contributed by atoms with Gasteiger partial charge >= 0.3 is 0 Å². The molecule has 1 unspecified atom stereocenters. The summed E-state index contributed by atoms with van der Waals surface area (Å²) in [5.74, 6) is -0.0656. The van der Waals surface area contributed by atoms with Crippen LogP contribution >= 0.6 is 0 Å². The van der Waals surface area contributed by atoms with Crippen molar-refractivity contribution in [3.05, 3.63) is 29.8 Å². The molecular weight excluding hydrogens is 244 g/mol. The van der Waals surface area contributed by atoms with Gasteiger partial charge in [0.1, 0.15) is 6.04 Å². The fraction of sp³-hybridized carbons (Fsp3) is 0.429. The quantitative estimate of drug-likeness (QED) is 0.807. The highest BCUT2D eigenvalue weighted by molar-refractivity contribution is 5.94. The number of nitrogens with zero attached hydrogens (tertiary/aromatic N) is 2. The maximum absolute atomic E-state index is 12.0. The summed E-state index contributed by atoms with van der Waals surface area (Å²) < 4.78 is 0. The average molecular weight is 262 g/mol. The van der Waals surface area contributed by atoms with Gasteiger partial charge in [-0.2, -0.15) is 0 Å². The summed E-state index contributed by atoms with van der Waals surface area (Å²) in [6, 6.07) is 6.58. The molecule has 1 amide bonds. The van der Waals surface area contributed by atoms with Crippen LogP contribution in [-0.2, 0) is 4.79 Å². The first kappa shape index (κ1) is 13.5. The SMILES string of the molecule is CC(=O)c1ccc(N2CCN(C)C(=O)C2CO)cc1. The van der Waals surface area contributed by atoms with E-state index in [4.69, 9.17) is 0 Å². The van der Waals surface area contributed by atoms with Gasteiger partial charge in [0.05, 0.1) is 6.61 Å². The number of Topliss-reactive ketones (excluding diaryl/α,β-unsaturated/α-hetero) is 1. The predicted octanol–water partition coefficient (Wildman–Crippen LogP) is 0.528. The predicted molar refractivity (Wildman–Crippen MR) is 72.3 cm³/mol. The Labute approximate surface area is 112 Å². The number of carbonyl (C=O) groups is 2. The molecule has 0 saturated carbocycles. The summed E-state index contributed by atoms with van der Waals surface area (Å²) in [6.07, 6.45) is 0. The van der Waals surface area contributed by atoms with Crippen molar-refractivity contribution in [2.24, 2.45) is 0 Å². The van der Waals surface area contributed by atoms with Crippen molar-refractivity contribution in [3.8, 4) is 0 Å². The van der Waals surface area contributed by atoms with Gasteiger partial charge in [0, 0.05) is 31.4 Å². The number of piperazine rings is 1. The fourth-order valence-corrected chi connectivity index (χ4v) is 2.28. The van der Waals surface area contributed by atoms with Crippen LogP contribution in [0.4, 0.5) is 5.69 Å². The number of carbonyl (C=O) groups excluding carboxylic acids is 2. The Kier molecular flexibility index (Phi) is 3.85. The first-order valence-corrected chi connectivity index (χ1v) is 6.28. The number of anilines is 1. The van der Waals surface area contributed by atoms with Crippen LogP contribution in [0.25, 0.3) is 0 Å². The zero-order valence-corrected chi connectivity index (χ0v) is 11.2. The van der Waals surface area contributed by atoms with Crippen molar-refractivity contribution in [1.82, 2.24) is 4.90 Å². The van der Waals surface area contributed by atoms with Crippen molar-refractivity contribution in [2.45, 2.75) is 13.0 Å². The molecule has 1 heterocycles. The number of hydrogen-bond donors (Lipinski definition) is 1. The number of aliphatic hydroxyl groups is 1. The van der Waals surface area contributed by atoms with E-state index < -0.39 is 6.04 Å². The van der Waals surface area contributed by atoms with E-state index in [1.54, 1.807) is 24.1 Å². The van der Waals surface area contributed by atoms with Crippen molar-refractivity contribution in [2.75, 3.05) is 31.6 Å². The molecule has 0 aliphatic carbocycles. The lowest BCUT2D eigenvalue weighted by Gasteiger charge is -2.39. The lowest BCUT2D eigenvalue weighted by Crippen LogP contribution is -2.57. The molecule has 1 N–H and O–H groups in total. The summed E-state index contributed by atoms with van der Waals surface area (Å²) in [6.45, 7) is 2.61. The summed E-state index contributed by atoms with van der Waals surface area (Å²) >= 11 is 0. The Morgan fingerprint density at radius 1 is 1.32 bits per heavy atom. The highest BCUT2D eigenvalue weighted by atomic mass is 16.3. The lowest BCUT2D eigenvalue weighted by molar-refractivity contribution is -0.133. The number of hydrogen-bond acceptors (Lipinski definition) is 4. The van der Waals surface area contributed by atoms with E-state index in [9.17, 15) is 14.7 Å². The second-order valence-electron chi connectivity index (χ2n) is 4.75. The molecule has 102 valence electrons. The number of ketones is 1. The fourth-order valence-electron chi connectivity index (χ4n) is 2.28. The number of amides is 1. The highest BCUT2D eigenvalue weighted by Crippen LogP contribution is 2.21. The van der Waals surface area contributed by atoms with Crippen LogP contribution in [0, 0.1) is 0 Å². The zero-order chi connectivity index (χ0) is 14.0. The second-order valence-corrected chi connectivity index (χ2v) is 4.75. The van der Waals surface area contributed by atoms with Crippen LogP contribution in [0.15, 0.2) is 24.3 Å². The molecule has 1 aromatic carbocycles. The van der Waals surface area contributed by atoms with Gasteiger partial charge in [0.15, 0.2) is 5.78 Å². The molecule has 1 aromatic rings. The highest BCUT2D eigenvalue weighted by Gasteiger charge is 2.32. The van der Waals surface area contributed by atoms with Gasteiger partial charge in [-0.15, -0.1) is 0 Å². The molecule has 0 bridgehead atoms. The number of aliphatic hydroxyl groups excluding tert-OH is 1. The molecule has 5 heteroatoms. The van der Waals surface area contributed by atoms with Crippen molar-refractivity contribution < 1.29 is 14.7 Å². The molecule has 19 heavy (non-hydrogen) atoms. The Morgan fingerprint density at radius 3 is 2.47 bits per heavy atom. The van der Waals surface area contributed by atoms with Crippen LogP contribution in [0.2, 0.25) is 0 Å². The van der Waals surface area contributed by atoms with E-state index in [-0.39, 0.29) is 18.3 Å². The Hall–Kier alpha value is -1.88. The Morgan fingerprint density at radius 2 is 1.95 bits per heavy atom. The number of rotatable bonds is 3. The average Bonchev–Trinajstić information content (AvgIpc) is 2.41. The number of benzene rings is 1. The van der Waals surface area contributed by atoms with Gasteiger partial charge in [-0.05, 0) is 31.2 Å². The van der Waals surface area contributed by atoms with Crippen molar-refractivity contribution >= 4 is 17.4 Å². The second kappa shape index (κ2) is 5.40. The minimum Gasteiger partial charge on any atom is -0.394 e. The molecule has 1 aliphatic heterocycles.